The fourth-order valence-corrected chi connectivity index (χ4v) is 4.84. The van der Waals surface area contributed by atoms with Crippen molar-refractivity contribution in [2.75, 3.05) is 6.61 Å². The molecule has 0 radical (unpaired) electrons. The fraction of sp³-hybridized carbons (Fsp3) is 0.542. The van der Waals surface area contributed by atoms with Crippen molar-refractivity contribution in [1.82, 2.24) is 0 Å². The maximum Gasteiger partial charge on any atom is 0.331 e. The van der Waals surface area contributed by atoms with Gasteiger partial charge in [0.15, 0.2) is 6.29 Å². The first kappa shape index (κ1) is 24.8. The third-order valence-electron chi connectivity index (χ3n) is 6.72. The first-order valence-corrected chi connectivity index (χ1v) is 11.1. The average Bonchev–Trinajstić information content (AvgIpc) is 3.10. The van der Waals surface area contributed by atoms with Crippen LogP contribution in [-0.2, 0) is 23.7 Å². The van der Waals surface area contributed by atoms with Crippen LogP contribution in [0.5, 0.6) is 0 Å². The van der Waals surface area contributed by atoms with Gasteiger partial charge in [-0.1, -0.05) is 30.3 Å². The molecule has 0 unspecified atom stereocenters. The van der Waals surface area contributed by atoms with Gasteiger partial charge in [-0.25, -0.2) is 4.79 Å². The highest BCUT2D eigenvalue weighted by Crippen LogP contribution is 2.51. The van der Waals surface area contributed by atoms with Crippen LogP contribution in [-0.4, -0.2) is 86.3 Å². The molecule has 1 saturated carbocycles. The SMILES string of the molecule is C[C@@]1(OC(=O)/C=C/c2ccccc2)CC[C@@]2(O)C=CO[C@H](O[C@H]3O[C@H](CO)[C@H](O)[C@@H](O)[C@H]3O)[C@@H]12. The van der Waals surface area contributed by atoms with Crippen LogP contribution < -0.4 is 0 Å². The van der Waals surface area contributed by atoms with Crippen LogP contribution in [0.2, 0.25) is 0 Å². The Balaban J connectivity index is 1.51. The minimum Gasteiger partial charge on any atom is -0.472 e. The highest BCUT2D eigenvalue weighted by atomic mass is 16.8. The summed E-state index contributed by atoms with van der Waals surface area (Å²) in [5, 5.41) is 51.0. The van der Waals surface area contributed by atoms with Crippen LogP contribution in [0.4, 0.5) is 0 Å². The number of hydrogen-bond acceptors (Lipinski definition) is 10. The van der Waals surface area contributed by atoms with Gasteiger partial charge in [-0.05, 0) is 37.5 Å². The summed E-state index contributed by atoms with van der Waals surface area (Å²) in [6.07, 6.45) is -2.50. The smallest absolute Gasteiger partial charge is 0.331 e. The topological polar surface area (TPSA) is 155 Å². The molecule has 0 aromatic heterocycles. The summed E-state index contributed by atoms with van der Waals surface area (Å²) >= 11 is 0. The third-order valence-corrected chi connectivity index (χ3v) is 6.72. The molecule has 1 aromatic rings. The minimum absolute atomic E-state index is 0.262. The minimum atomic E-state index is -1.65. The van der Waals surface area contributed by atoms with Gasteiger partial charge in [0, 0.05) is 6.08 Å². The summed E-state index contributed by atoms with van der Waals surface area (Å²) < 4.78 is 22.5. The van der Waals surface area contributed by atoms with E-state index in [0.29, 0.717) is 6.42 Å². The van der Waals surface area contributed by atoms with E-state index in [1.54, 1.807) is 13.0 Å². The molecule has 186 valence electrons. The molecule has 2 heterocycles. The van der Waals surface area contributed by atoms with Crippen molar-refractivity contribution in [3.63, 3.8) is 0 Å². The summed E-state index contributed by atoms with van der Waals surface area (Å²) in [6.45, 7) is 1.04. The van der Waals surface area contributed by atoms with E-state index in [1.165, 1.54) is 18.4 Å². The number of ether oxygens (including phenoxy) is 4. The molecule has 3 aliphatic rings. The predicted octanol–water partition coefficient (Wildman–Crippen LogP) is -0.171. The zero-order valence-electron chi connectivity index (χ0n) is 18.6. The molecule has 1 aromatic carbocycles. The summed E-state index contributed by atoms with van der Waals surface area (Å²) in [5.74, 6) is -1.51. The molecule has 2 fully saturated rings. The molecular weight excluding hydrogens is 448 g/mol. The number of fused-ring (bicyclic) bond motifs is 1. The van der Waals surface area contributed by atoms with Crippen LogP contribution in [0.1, 0.15) is 25.3 Å². The quantitative estimate of drug-likeness (QED) is 0.275. The second-order valence-corrected chi connectivity index (χ2v) is 9.09. The Hall–Kier alpha value is -2.31. The van der Waals surface area contributed by atoms with Crippen molar-refractivity contribution in [2.45, 2.75) is 68.0 Å². The van der Waals surface area contributed by atoms with Gasteiger partial charge in [0.1, 0.15) is 30.0 Å². The lowest BCUT2D eigenvalue weighted by Crippen LogP contribution is -2.61. The van der Waals surface area contributed by atoms with Gasteiger partial charge >= 0.3 is 5.97 Å². The largest absolute Gasteiger partial charge is 0.472 e. The Morgan fingerprint density at radius 1 is 1.12 bits per heavy atom. The second kappa shape index (κ2) is 9.74. The molecule has 10 nitrogen and oxygen atoms in total. The maximum atomic E-state index is 12.6. The summed E-state index contributed by atoms with van der Waals surface area (Å²) in [6, 6.07) is 9.22. The average molecular weight is 478 g/mol. The van der Waals surface area contributed by atoms with Gasteiger partial charge in [-0.2, -0.15) is 0 Å². The molecule has 4 rings (SSSR count). The van der Waals surface area contributed by atoms with E-state index in [9.17, 15) is 30.3 Å². The van der Waals surface area contributed by atoms with Crippen molar-refractivity contribution in [1.29, 1.82) is 0 Å². The van der Waals surface area contributed by atoms with Crippen LogP contribution in [0.15, 0.2) is 48.7 Å². The predicted molar refractivity (Wildman–Crippen MR) is 117 cm³/mol. The van der Waals surface area contributed by atoms with E-state index in [-0.39, 0.29) is 6.42 Å². The lowest BCUT2D eigenvalue weighted by atomic mass is 9.81. The van der Waals surface area contributed by atoms with Gasteiger partial charge in [-0.15, -0.1) is 0 Å². The van der Waals surface area contributed by atoms with Crippen molar-refractivity contribution >= 4 is 12.0 Å². The first-order valence-electron chi connectivity index (χ1n) is 11.1. The number of hydrogen-bond donors (Lipinski definition) is 5. The molecule has 0 spiro atoms. The van der Waals surface area contributed by atoms with E-state index in [0.717, 1.165) is 5.56 Å². The summed E-state index contributed by atoms with van der Waals surface area (Å²) in [7, 11) is 0. The lowest BCUT2D eigenvalue weighted by Gasteiger charge is -2.45. The normalized spacial score (nSPS) is 41.8. The Bertz CT molecular complexity index is 918. The van der Waals surface area contributed by atoms with Gasteiger partial charge < -0.3 is 44.5 Å². The number of rotatable bonds is 6. The zero-order valence-corrected chi connectivity index (χ0v) is 18.6. The second-order valence-electron chi connectivity index (χ2n) is 9.09. The van der Waals surface area contributed by atoms with Crippen LogP contribution in [0.25, 0.3) is 6.08 Å². The van der Waals surface area contributed by atoms with Crippen molar-refractivity contribution in [3.8, 4) is 0 Å². The van der Waals surface area contributed by atoms with Gasteiger partial charge in [-0.3, -0.25) is 0 Å². The van der Waals surface area contributed by atoms with Gasteiger partial charge in [0.05, 0.1) is 24.4 Å². The number of carbonyl (C=O) groups is 1. The van der Waals surface area contributed by atoms with Gasteiger partial charge in [0.2, 0.25) is 6.29 Å². The summed E-state index contributed by atoms with van der Waals surface area (Å²) in [5.41, 5.74) is -1.80. The standard InChI is InChI=1S/C24H30O10/c1-23(34-16(26)8-7-14-5-3-2-4-6-14)9-10-24(30)11-12-31-22(20(23)24)33-21-19(29)18(28)17(27)15(13-25)32-21/h2-8,11-12,15,17-22,25,27-30H,9-10,13H2,1H3/b8-7+/t15-,17+,18-,19-,20+,21-,22-,23-,24-/m1/s1. The summed E-state index contributed by atoms with van der Waals surface area (Å²) in [4.78, 5) is 12.6. The number of carbonyl (C=O) groups excluding carboxylic acids is 1. The Morgan fingerprint density at radius 3 is 2.56 bits per heavy atom. The molecule has 34 heavy (non-hydrogen) atoms. The van der Waals surface area contributed by atoms with Crippen LogP contribution in [0, 0.1) is 5.92 Å². The number of aliphatic hydroxyl groups excluding tert-OH is 4. The molecule has 9 atom stereocenters. The maximum absolute atomic E-state index is 12.6. The van der Waals surface area contributed by atoms with E-state index < -0.39 is 66.7 Å². The van der Waals surface area contributed by atoms with E-state index >= 15 is 0 Å². The fourth-order valence-electron chi connectivity index (χ4n) is 4.84. The first-order chi connectivity index (χ1) is 16.2. The molecule has 1 aliphatic carbocycles. The number of esters is 1. The highest BCUT2D eigenvalue weighted by molar-refractivity contribution is 5.87. The molecular formula is C24H30O10. The van der Waals surface area contributed by atoms with Crippen LogP contribution in [0.3, 0.4) is 0 Å². The highest BCUT2D eigenvalue weighted by Gasteiger charge is 2.62. The molecule has 10 heteroatoms. The molecule has 2 aliphatic heterocycles. The van der Waals surface area contributed by atoms with Gasteiger partial charge in [0.25, 0.3) is 0 Å². The van der Waals surface area contributed by atoms with Crippen molar-refractivity contribution in [3.05, 3.63) is 54.3 Å². The Morgan fingerprint density at radius 2 is 1.85 bits per heavy atom. The zero-order chi connectivity index (χ0) is 24.5. The third kappa shape index (κ3) is 4.76. The van der Waals surface area contributed by atoms with E-state index in [4.69, 9.17) is 18.9 Å². The van der Waals surface area contributed by atoms with E-state index in [1.807, 2.05) is 30.3 Å². The number of benzene rings is 1. The Labute approximate surface area is 196 Å². The molecule has 0 bridgehead atoms. The van der Waals surface area contributed by atoms with E-state index in [2.05, 4.69) is 0 Å². The van der Waals surface area contributed by atoms with Crippen LogP contribution >= 0.6 is 0 Å². The Kier molecular flexibility index (Phi) is 7.11. The molecule has 1 saturated heterocycles. The van der Waals surface area contributed by atoms with Crippen molar-refractivity contribution in [2.24, 2.45) is 5.92 Å². The number of aliphatic hydroxyl groups is 5. The van der Waals surface area contributed by atoms with Crippen molar-refractivity contribution < 1.29 is 49.3 Å². The lowest BCUT2D eigenvalue weighted by molar-refractivity contribution is -0.350. The molecule has 5 N–H and O–H groups in total. The monoisotopic (exact) mass is 478 g/mol. The molecule has 0 amide bonds.